The lowest BCUT2D eigenvalue weighted by Gasteiger charge is -2.07. The number of hydrogen-bond donors (Lipinski definition) is 1. The third-order valence-corrected chi connectivity index (χ3v) is 3.08. The first-order valence-electron chi connectivity index (χ1n) is 5.23. The molecular weight excluding hydrogens is 334 g/mol. The van der Waals surface area contributed by atoms with E-state index in [1.165, 1.54) is 6.20 Å². The number of rotatable bonds is 3. The highest BCUT2D eigenvalue weighted by Gasteiger charge is 2.10. The zero-order chi connectivity index (χ0) is 13.8. The Kier molecular flexibility index (Phi) is 4.34. The number of methoxy groups -OCH3 is 1. The molecule has 0 aliphatic rings. The monoisotopic (exact) mass is 341 g/mol. The lowest BCUT2D eigenvalue weighted by Crippen LogP contribution is -2.13. The molecule has 0 saturated heterocycles. The molecule has 1 amide bonds. The van der Waals surface area contributed by atoms with Crippen LogP contribution < -0.4 is 10.1 Å². The Hall–Kier alpha value is -1.66. The van der Waals surface area contributed by atoms with E-state index in [1.54, 1.807) is 31.4 Å². The summed E-state index contributed by atoms with van der Waals surface area (Å²) in [4.78, 5) is 19.6. The Balaban J connectivity index is 2.18. The van der Waals surface area contributed by atoms with Gasteiger partial charge in [0.05, 0.1) is 11.6 Å². The number of ether oxygens (including phenoxy) is 1. The molecule has 2 rings (SSSR count). The average molecular weight is 343 g/mol. The highest BCUT2D eigenvalue weighted by Crippen LogP contribution is 2.25. The topological polar surface area (TPSA) is 64.1 Å². The van der Waals surface area contributed by atoms with Crippen molar-refractivity contribution in [2.75, 3.05) is 12.4 Å². The van der Waals surface area contributed by atoms with Gasteiger partial charge in [-0.05, 0) is 51.8 Å². The second-order valence-electron chi connectivity index (χ2n) is 3.51. The quantitative estimate of drug-likeness (QED) is 0.870. The van der Waals surface area contributed by atoms with Crippen molar-refractivity contribution in [2.24, 2.45) is 0 Å². The first-order chi connectivity index (χ1) is 9.10. The van der Waals surface area contributed by atoms with Gasteiger partial charge in [0.15, 0.2) is 0 Å². The van der Waals surface area contributed by atoms with Gasteiger partial charge in [0, 0.05) is 11.8 Å². The number of carbonyl (C=O) groups excluding carboxylic acids is 1. The number of hydrogen-bond acceptors (Lipinski definition) is 4. The molecule has 0 fully saturated rings. The van der Waals surface area contributed by atoms with Crippen LogP contribution >= 0.6 is 27.5 Å². The summed E-state index contributed by atoms with van der Waals surface area (Å²) in [6.45, 7) is 0. The van der Waals surface area contributed by atoms with E-state index >= 15 is 0 Å². The number of benzene rings is 1. The maximum absolute atomic E-state index is 12.0. The summed E-state index contributed by atoms with van der Waals surface area (Å²) in [7, 11) is 1.56. The molecular formula is C12H9BrClN3O2. The van der Waals surface area contributed by atoms with Crippen LogP contribution in [0.5, 0.6) is 5.75 Å². The first kappa shape index (κ1) is 13.8. The van der Waals surface area contributed by atoms with Gasteiger partial charge in [0.2, 0.25) is 5.28 Å². The summed E-state index contributed by atoms with van der Waals surface area (Å²) in [6.07, 6.45) is 1.47. The number of aromatic nitrogens is 2. The number of amides is 1. The van der Waals surface area contributed by atoms with Crippen LogP contribution in [-0.2, 0) is 0 Å². The van der Waals surface area contributed by atoms with Gasteiger partial charge < -0.3 is 10.1 Å². The molecule has 0 bridgehead atoms. The highest BCUT2D eigenvalue weighted by molar-refractivity contribution is 9.10. The van der Waals surface area contributed by atoms with Crippen LogP contribution in [0.4, 0.5) is 5.82 Å². The van der Waals surface area contributed by atoms with Gasteiger partial charge in [-0.2, -0.15) is 0 Å². The third-order valence-electron chi connectivity index (χ3n) is 2.28. The summed E-state index contributed by atoms with van der Waals surface area (Å²) < 4.78 is 5.79. The van der Waals surface area contributed by atoms with Crippen LogP contribution in [-0.4, -0.2) is 23.0 Å². The summed E-state index contributed by atoms with van der Waals surface area (Å²) in [5.74, 6) is 0.705. The molecule has 0 unspecified atom stereocenters. The molecule has 2 aromatic rings. The van der Waals surface area contributed by atoms with Gasteiger partial charge >= 0.3 is 0 Å². The SMILES string of the molecule is COc1ccc(C(=O)Nc2ccnc(Cl)n2)cc1Br. The molecule has 0 aliphatic heterocycles. The standard InChI is InChI=1S/C12H9BrClN3O2/c1-19-9-3-2-7(6-8(9)13)11(18)16-10-4-5-15-12(14)17-10/h2-6H,1H3,(H,15,16,17,18). The van der Waals surface area contributed by atoms with Crippen LogP contribution in [0, 0.1) is 0 Å². The molecule has 0 aliphatic carbocycles. The van der Waals surface area contributed by atoms with E-state index in [0.717, 1.165) is 0 Å². The average Bonchev–Trinajstić information content (AvgIpc) is 2.38. The maximum Gasteiger partial charge on any atom is 0.256 e. The predicted molar refractivity (Wildman–Crippen MR) is 75.7 cm³/mol. The Morgan fingerprint density at radius 1 is 1.42 bits per heavy atom. The van der Waals surface area contributed by atoms with Gasteiger partial charge in [-0.15, -0.1) is 0 Å². The van der Waals surface area contributed by atoms with Crippen molar-refractivity contribution >= 4 is 39.3 Å². The largest absolute Gasteiger partial charge is 0.496 e. The van der Waals surface area contributed by atoms with Crippen molar-refractivity contribution in [1.29, 1.82) is 0 Å². The van der Waals surface area contributed by atoms with Gasteiger partial charge in [-0.1, -0.05) is 0 Å². The van der Waals surface area contributed by atoms with E-state index in [-0.39, 0.29) is 11.2 Å². The number of halogens is 2. The van der Waals surface area contributed by atoms with Crippen molar-refractivity contribution < 1.29 is 9.53 Å². The van der Waals surface area contributed by atoms with Gasteiger partial charge in [0.25, 0.3) is 5.91 Å². The summed E-state index contributed by atoms with van der Waals surface area (Å²) in [5.41, 5.74) is 0.474. The van der Waals surface area contributed by atoms with Crippen molar-refractivity contribution in [3.8, 4) is 5.75 Å². The Bertz CT molecular complexity index is 622. The van der Waals surface area contributed by atoms with E-state index in [9.17, 15) is 4.79 Å². The van der Waals surface area contributed by atoms with Crippen LogP contribution in [0.3, 0.4) is 0 Å². The number of nitrogens with one attached hydrogen (secondary N) is 1. The van der Waals surface area contributed by atoms with Crippen molar-refractivity contribution in [1.82, 2.24) is 9.97 Å². The second kappa shape index (κ2) is 5.99. The minimum Gasteiger partial charge on any atom is -0.496 e. The zero-order valence-electron chi connectivity index (χ0n) is 9.85. The normalized spacial score (nSPS) is 10.1. The highest BCUT2D eigenvalue weighted by atomic mass is 79.9. The third kappa shape index (κ3) is 3.42. The molecule has 1 N–H and O–H groups in total. The van der Waals surface area contributed by atoms with Crippen molar-refractivity contribution in [3.05, 3.63) is 45.8 Å². The molecule has 7 heteroatoms. The number of nitrogens with zero attached hydrogens (tertiary/aromatic N) is 2. The number of anilines is 1. The minimum absolute atomic E-state index is 0.0775. The molecule has 1 aromatic carbocycles. The molecule has 1 heterocycles. The zero-order valence-corrected chi connectivity index (χ0v) is 12.2. The van der Waals surface area contributed by atoms with E-state index in [4.69, 9.17) is 16.3 Å². The van der Waals surface area contributed by atoms with Gasteiger partial charge in [-0.3, -0.25) is 4.79 Å². The van der Waals surface area contributed by atoms with Crippen LogP contribution in [0.15, 0.2) is 34.9 Å². The molecule has 98 valence electrons. The van der Waals surface area contributed by atoms with Crippen LogP contribution in [0.2, 0.25) is 5.28 Å². The minimum atomic E-state index is -0.293. The van der Waals surface area contributed by atoms with E-state index in [1.807, 2.05) is 0 Å². The Labute approximate surface area is 123 Å². The molecule has 0 atom stereocenters. The van der Waals surface area contributed by atoms with Gasteiger partial charge in [-0.25, -0.2) is 9.97 Å². The fourth-order valence-corrected chi connectivity index (χ4v) is 2.09. The van der Waals surface area contributed by atoms with Crippen LogP contribution in [0.1, 0.15) is 10.4 Å². The summed E-state index contributed by atoms with van der Waals surface area (Å²) in [6, 6.07) is 6.58. The van der Waals surface area contributed by atoms with Gasteiger partial charge in [0.1, 0.15) is 11.6 Å². The predicted octanol–water partition coefficient (Wildman–Crippen LogP) is 3.15. The van der Waals surface area contributed by atoms with Crippen molar-refractivity contribution in [2.45, 2.75) is 0 Å². The Morgan fingerprint density at radius 3 is 2.84 bits per heavy atom. The lowest BCUT2D eigenvalue weighted by atomic mass is 10.2. The molecule has 19 heavy (non-hydrogen) atoms. The maximum atomic E-state index is 12.0. The van der Waals surface area contributed by atoms with E-state index < -0.39 is 0 Å². The van der Waals surface area contributed by atoms with Crippen LogP contribution in [0.25, 0.3) is 0 Å². The second-order valence-corrected chi connectivity index (χ2v) is 4.71. The van der Waals surface area contributed by atoms with E-state index in [0.29, 0.717) is 21.6 Å². The molecule has 1 aromatic heterocycles. The number of carbonyl (C=O) groups is 1. The molecule has 0 saturated carbocycles. The smallest absolute Gasteiger partial charge is 0.256 e. The fraction of sp³-hybridized carbons (Fsp3) is 0.0833. The summed E-state index contributed by atoms with van der Waals surface area (Å²) >= 11 is 8.96. The first-order valence-corrected chi connectivity index (χ1v) is 6.40. The fourth-order valence-electron chi connectivity index (χ4n) is 1.40. The Morgan fingerprint density at radius 2 is 2.21 bits per heavy atom. The van der Waals surface area contributed by atoms with E-state index in [2.05, 4.69) is 31.2 Å². The summed E-state index contributed by atoms with van der Waals surface area (Å²) in [5, 5.41) is 2.71. The van der Waals surface area contributed by atoms with Crippen molar-refractivity contribution in [3.63, 3.8) is 0 Å². The lowest BCUT2D eigenvalue weighted by molar-refractivity contribution is 0.102. The molecule has 0 radical (unpaired) electrons. The molecule has 5 nitrogen and oxygen atoms in total. The molecule has 0 spiro atoms.